The van der Waals surface area contributed by atoms with E-state index < -0.39 is 41.5 Å². The Morgan fingerprint density at radius 1 is 0.812 bits per heavy atom. The van der Waals surface area contributed by atoms with Crippen LogP contribution in [-0.4, -0.2) is 64.1 Å². The molecule has 0 spiro atoms. The van der Waals surface area contributed by atoms with E-state index in [-0.39, 0.29) is 31.4 Å². The minimum absolute atomic E-state index is 0.0446. The number of rotatable bonds is 4. The molecule has 3 aromatic rings. The summed E-state index contributed by atoms with van der Waals surface area (Å²) < 4.78 is 16.4. The molecule has 0 bridgehead atoms. The Labute approximate surface area is 279 Å². The number of hydrogen-bond acceptors (Lipinski definition) is 8. The molecule has 1 unspecified atom stereocenters. The lowest BCUT2D eigenvalue weighted by atomic mass is 9.94. The van der Waals surface area contributed by atoms with Crippen LogP contribution in [0.15, 0.2) is 71.7 Å². The van der Waals surface area contributed by atoms with Crippen molar-refractivity contribution in [3.05, 3.63) is 89.0 Å². The van der Waals surface area contributed by atoms with Crippen molar-refractivity contribution in [2.75, 3.05) is 6.61 Å². The molecule has 12 heteroatoms. The highest BCUT2D eigenvalue weighted by Gasteiger charge is 2.37. The molecular weight excluding hydrogens is 616 g/mol. The van der Waals surface area contributed by atoms with Crippen molar-refractivity contribution in [1.29, 1.82) is 0 Å². The van der Waals surface area contributed by atoms with E-state index in [0.29, 0.717) is 16.8 Å². The molecule has 5 rings (SSSR count). The number of aliphatic carboxylic acids is 1. The predicted molar refractivity (Wildman–Crippen MR) is 178 cm³/mol. The van der Waals surface area contributed by atoms with Gasteiger partial charge in [0.25, 0.3) is 0 Å². The van der Waals surface area contributed by atoms with Crippen LogP contribution in [0.3, 0.4) is 0 Å². The fraction of sp³-hybridized carbons (Fsp3) is 0.361. The molecule has 0 radical (unpaired) electrons. The van der Waals surface area contributed by atoms with E-state index in [2.05, 4.69) is 15.6 Å². The van der Waals surface area contributed by atoms with Crippen LogP contribution in [0.25, 0.3) is 11.1 Å². The first-order valence-electron chi connectivity index (χ1n) is 15.6. The van der Waals surface area contributed by atoms with E-state index in [0.717, 1.165) is 22.3 Å². The minimum Gasteiger partial charge on any atom is -0.480 e. The topological polar surface area (TPSA) is 156 Å². The largest absolute Gasteiger partial charge is 0.480 e. The van der Waals surface area contributed by atoms with Crippen LogP contribution in [0, 0.1) is 0 Å². The van der Waals surface area contributed by atoms with Crippen LogP contribution in [0.2, 0.25) is 0 Å². The van der Waals surface area contributed by atoms with Gasteiger partial charge in [0, 0.05) is 12.3 Å². The fourth-order valence-electron chi connectivity index (χ4n) is 5.75. The van der Waals surface area contributed by atoms with Gasteiger partial charge in [0.05, 0.1) is 12.2 Å². The standard InChI is InChI=1S/C36H40N4O8/c1-35(2,3)47-32(43)38-31(39-33(44)48-36(4,5)6)37-23-16-15-21-18-29(30(41)42)40(19-22(21)17-23)34(45)46-20-28-26-13-9-7-11-24(26)25-12-8-10-14-27(25)28/h7-17,28-29H,18-20H2,1-6H3,(H,41,42)(H2,37,38,39,43,44). The Morgan fingerprint density at radius 2 is 1.35 bits per heavy atom. The van der Waals surface area contributed by atoms with Crippen molar-refractivity contribution < 1.29 is 38.5 Å². The van der Waals surface area contributed by atoms with Gasteiger partial charge in [-0.05, 0) is 87.1 Å². The molecule has 1 heterocycles. The van der Waals surface area contributed by atoms with Crippen molar-refractivity contribution in [3.63, 3.8) is 0 Å². The zero-order valence-electron chi connectivity index (χ0n) is 27.8. The predicted octanol–water partition coefficient (Wildman–Crippen LogP) is 6.48. The number of nitrogens with zero attached hydrogens (tertiary/aromatic N) is 2. The van der Waals surface area contributed by atoms with E-state index in [1.165, 1.54) is 4.90 Å². The SMILES string of the molecule is CC(C)(C)OC(=O)NC(=Nc1ccc2c(c1)CN(C(=O)OCC1c3ccccc3-c3ccccc31)C(C(=O)O)C2)NC(=O)OC(C)(C)C. The van der Waals surface area contributed by atoms with Gasteiger partial charge in [0.2, 0.25) is 5.96 Å². The molecule has 0 fully saturated rings. The van der Waals surface area contributed by atoms with E-state index in [4.69, 9.17) is 14.2 Å². The quantitative estimate of drug-likeness (QED) is 0.164. The molecule has 3 aromatic carbocycles. The maximum Gasteiger partial charge on any atom is 0.414 e. The highest BCUT2D eigenvalue weighted by Crippen LogP contribution is 2.44. The molecule has 3 N–H and O–H groups in total. The number of amides is 3. The number of aliphatic imine (C=N–C) groups is 1. The average molecular weight is 657 g/mol. The van der Waals surface area contributed by atoms with Gasteiger partial charge >= 0.3 is 24.2 Å². The Bertz CT molecular complexity index is 1690. The maximum absolute atomic E-state index is 13.5. The number of nitrogens with one attached hydrogen (secondary N) is 2. The van der Waals surface area contributed by atoms with Gasteiger partial charge in [-0.25, -0.2) is 24.2 Å². The maximum atomic E-state index is 13.5. The lowest BCUT2D eigenvalue weighted by molar-refractivity contribution is -0.143. The number of alkyl carbamates (subject to hydrolysis) is 2. The normalized spacial score (nSPS) is 15.3. The Morgan fingerprint density at radius 3 is 1.88 bits per heavy atom. The van der Waals surface area contributed by atoms with Crippen LogP contribution >= 0.6 is 0 Å². The molecule has 252 valence electrons. The van der Waals surface area contributed by atoms with Crippen LogP contribution in [0.5, 0.6) is 0 Å². The first-order valence-corrected chi connectivity index (χ1v) is 15.6. The zero-order chi connectivity index (χ0) is 34.8. The molecule has 2 aliphatic rings. The van der Waals surface area contributed by atoms with Crippen molar-refractivity contribution >= 4 is 35.9 Å². The second-order valence-corrected chi connectivity index (χ2v) is 13.7. The van der Waals surface area contributed by atoms with Crippen molar-refractivity contribution in [2.24, 2.45) is 4.99 Å². The van der Waals surface area contributed by atoms with E-state index in [1.807, 2.05) is 48.5 Å². The summed E-state index contributed by atoms with van der Waals surface area (Å²) in [5.41, 5.74) is 4.30. The summed E-state index contributed by atoms with van der Waals surface area (Å²) in [6.07, 6.45) is -2.39. The number of carboxylic acids is 1. The van der Waals surface area contributed by atoms with Crippen molar-refractivity contribution in [1.82, 2.24) is 15.5 Å². The molecule has 12 nitrogen and oxygen atoms in total. The van der Waals surface area contributed by atoms with E-state index in [9.17, 15) is 24.3 Å². The van der Waals surface area contributed by atoms with E-state index in [1.54, 1.807) is 59.7 Å². The highest BCUT2D eigenvalue weighted by atomic mass is 16.6. The smallest absolute Gasteiger partial charge is 0.414 e. The van der Waals surface area contributed by atoms with Gasteiger partial charge in [0.1, 0.15) is 23.9 Å². The third kappa shape index (κ3) is 8.11. The summed E-state index contributed by atoms with van der Waals surface area (Å²) in [6, 6.07) is 19.8. The van der Waals surface area contributed by atoms with Crippen molar-refractivity contribution in [3.8, 4) is 11.1 Å². The second kappa shape index (κ2) is 13.4. The number of carboxylic acid groups (broad SMARTS) is 1. The molecule has 1 atom stereocenters. The van der Waals surface area contributed by atoms with Gasteiger partial charge < -0.3 is 19.3 Å². The lowest BCUT2D eigenvalue weighted by Gasteiger charge is -2.34. The Balaban J connectivity index is 1.36. The van der Waals surface area contributed by atoms with Gasteiger partial charge in [-0.3, -0.25) is 15.5 Å². The van der Waals surface area contributed by atoms with Gasteiger partial charge in [-0.2, -0.15) is 0 Å². The highest BCUT2D eigenvalue weighted by molar-refractivity contribution is 6.02. The van der Waals surface area contributed by atoms with Crippen LogP contribution in [0.1, 0.15) is 69.7 Å². The number of carbonyl (C=O) groups is 4. The Hall–Kier alpha value is -5.39. The Kier molecular flexibility index (Phi) is 9.47. The van der Waals surface area contributed by atoms with Gasteiger partial charge in [0.15, 0.2) is 0 Å². The van der Waals surface area contributed by atoms with Gasteiger partial charge in [-0.15, -0.1) is 0 Å². The molecule has 1 aliphatic carbocycles. The summed E-state index contributed by atoms with van der Waals surface area (Å²) in [5, 5.41) is 14.9. The molecule has 0 saturated heterocycles. The third-order valence-corrected chi connectivity index (χ3v) is 7.66. The number of guanidine groups is 1. The first-order chi connectivity index (χ1) is 22.6. The minimum atomic E-state index is -1.15. The number of fused-ring (bicyclic) bond motifs is 4. The molecule has 0 saturated carbocycles. The molecule has 0 aromatic heterocycles. The summed E-state index contributed by atoms with van der Waals surface area (Å²) >= 11 is 0. The number of ether oxygens (including phenoxy) is 3. The molecule has 1 aliphatic heterocycles. The third-order valence-electron chi connectivity index (χ3n) is 7.66. The summed E-state index contributed by atoms with van der Waals surface area (Å²) in [4.78, 5) is 56.5. The fourth-order valence-corrected chi connectivity index (χ4v) is 5.75. The van der Waals surface area contributed by atoms with Crippen LogP contribution in [-0.2, 0) is 32.0 Å². The summed E-state index contributed by atoms with van der Waals surface area (Å²) in [7, 11) is 0. The summed E-state index contributed by atoms with van der Waals surface area (Å²) in [5.74, 6) is -1.58. The molecule has 48 heavy (non-hydrogen) atoms. The number of benzene rings is 3. The monoisotopic (exact) mass is 656 g/mol. The molecular formula is C36H40N4O8. The zero-order valence-corrected chi connectivity index (χ0v) is 27.8. The van der Waals surface area contributed by atoms with Crippen molar-refractivity contribution in [2.45, 2.75) is 77.7 Å². The summed E-state index contributed by atoms with van der Waals surface area (Å²) in [6.45, 7) is 10.2. The lowest BCUT2D eigenvalue weighted by Crippen LogP contribution is -2.49. The second-order valence-electron chi connectivity index (χ2n) is 13.7. The van der Waals surface area contributed by atoms with Crippen LogP contribution in [0.4, 0.5) is 20.1 Å². The number of hydrogen-bond donors (Lipinski definition) is 3. The number of carbonyl (C=O) groups excluding carboxylic acids is 3. The molecule has 3 amide bonds. The van der Waals surface area contributed by atoms with Crippen LogP contribution < -0.4 is 10.6 Å². The van der Waals surface area contributed by atoms with Gasteiger partial charge in [-0.1, -0.05) is 54.6 Å². The average Bonchev–Trinajstić information content (AvgIpc) is 3.30. The first kappa shape index (κ1) is 34.0. The van der Waals surface area contributed by atoms with E-state index >= 15 is 0 Å².